The van der Waals surface area contributed by atoms with Gasteiger partial charge in [0, 0.05) is 0 Å². The van der Waals surface area contributed by atoms with E-state index < -0.39 is 0 Å². The van der Waals surface area contributed by atoms with Gasteiger partial charge in [-0.2, -0.15) is 0 Å². The van der Waals surface area contributed by atoms with Gasteiger partial charge in [0.15, 0.2) is 0 Å². The minimum Gasteiger partial charge on any atom is -0.207 e. The fraction of sp³-hybridized carbons (Fsp3) is 0.429. The Morgan fingerprint density at radius 3 is 2.45 bits per heavy atom. The van der Waals surface area contributed by atoms with Crippen LogP contribution in [-0.2, 0) is 0 Å². The van der Waals surface area contributed by atoms with Gasteiger partial charge in [0.2, 0.25) is 0 Å². The minimum absolute atomic E-state index is 0.154. The summed E-state index contributed by atoms with van der Waals surface area (Å²) < 4.78 is 13.6. The molecule has 0 saturated heterocycles. The van der Waals surface area contributed by atoms with Crippen LogP contribution in [0.1, 0.15) is 56.9 Å². The molecule has 0 aromatic heterocycles. The van der Waals surface area contributed by atoms with Crippen LogP contribution in [0.3, 0.4) is 0 Å². The topological polar surface area (TPSA) is 0 Å². The van der Waals surface area contributed by atoms with Crippen LogP contribution in [0.2, 0.25) is 0 Å². The molecule has 1 fully saturated rings. The third-order valence-corrected chi connectivity index (χ3v) is 5.08. The molecule has 116 valence electrons. The quantitative estimate of drug-likeness (QED) is 0.598. The third kappa shape index (κ3) is 3.40. The Kier molecular flexibility index (Phi) is 4.92. The molecule has 1 heteroatoms. The zero-order chi connectivity index (χ0) is 15.4. The monoisotopic (exact) mass is 296 g/mol. The van der Waals surface area contributed by atoms with E-state index in [1.54, 1.807) is 12.1 Å². The molecule has 3 rings (SSSR count). The third-order valence-electron chi connectivity index (χ3n) is 5.08. The first-order valence-electron chi connectivity index (χ1n) is 8.62. The van der Waals surface area contributed by atoms with E-state index in [9.17, 15) is 4.39 Å². The molecular formula is C21H25F. The molecule has 1 saturated carbocycles. The summed E-state index contributed by atoms with van der Waals surface area (Å²) in [5.74, 6) is 1.40. The molecule has 1 aliphatic carbocycles. The molecule has 2 aromatic rings. The van der Waals surface area contributed by atoms with Crippen LogP contribution >= 0.6 is 0 Å². The van der Waals surface area contributed by atoms with Gasteiger partial charge in [0.25, 0.3) is 0 Å². The van der Waals surface area contributed by atoms with Crippen molar-refractivity contribution in [2.75, 3.05) is 0 Å². The van der Waals surface area contributed by atoms with E-state index >= 15 is 0 Å². The maximum absolute atomic E-state index is 13.6. The van der Waals surface area contributed by atoms with E-state index in [1.165, 1.54) is 55.7 Å². The highest BCUT2D eigenvalue weighted by atomic mass is 19.1. The maximum Gasteiger partial charge on any atom is 0.123 e. The van der Waals surface area contributed by atoms with Crippen LogP contribution in [0.15, 0.2) is 48.5 Å². The Bertz CT molecular complexity index is 609. The van der Waals surface area contributed by atoms with Gasteiger partial charge >= 0.3 is 0 Å². The Morgan fingerprint density at radius 2 is 1.73 bits per heavy atom. The Labute approximate surface area is 133 Å². The fourth-order valence-electron chi connectivity index (χ4n) is 3.94. The molecule has 0 N–H and O–H groups in total. The van der Waals surface area contributed by atoms with Crippen molar-refractivity contribution in [2.24, 2.45) is 5.92 Å². The molecule has 2 aromatic carbocycles. The lowest BCUT2D eigenvalue weighted by Crippen LogP contribution is -2.13. The molecular weight excluding hydrogens is 271 g/mol. The largest absolute Gasteiger partial charge is 0.207 e. The van der Waals surface area contributed by atoms with Crippen molar-refractivity contribution in [3.8, 4) is 11.1 Å². The minimum atomic E-state index is -0.154. The number of hydrogen-bond donors (Lipinski definition) is 0. The lowest BCUT2D eigenvalue weighted by atomic mass is 9.75. The fourth-order valence-corrected chi connectivity index (χ4v) is 3.94. The highest BCUT2D eigenvalue weighted by molar-refractivity contribution is 5.68. The van der Waals surface area contributed by atoms with Crippen molar-refractivity contribution >= 4 is 0 Å². The van der Waals surface area contributed by atoms with Gasteiger partial charge in [0.1, 0.15) is 5.82 Å². The van der Waals surface area contributed by atoms with Gasteiger partial charge in [-0.25, -0.2) is 4.39 Å². The summed E-state index contributed by atoms with van der Waals surface area (Å²) in [6.45, 7) is 2.28. The van der Waals surface area contributed by atoms with Crippen molar-refractivity contribution in [1.29, 1.82) is 0 Å². The first-order valence-corrected chi connectivity index (χ1v) is 8.62. The second-order valence-electron chi connectivity index (χ2n) is 6.60. The summed E-state index contributed by atoms with van der Waals surface area (Å²) in [7, 11) is 0. The zero-order valence-electron chi connectivity index (χ0n) is 13.4. The average molecular weight is 296 g/mol. The van der Waals surface area contributed by atoms with Gasteiger partial charge in [-0.1, -0.05) is 56.2 Å². The summed E-state index contributed by atoms with van der Waals surface area (Å²) >= 11 is 0. The summed E-state index contributed by atoms with van der Waals surface area (Å²) in [4.78, 5) is 0. The highest BCUT2D eigenvalue weighted by Gasteiger charge is 2.23. The number of hydrogen-bond acceptors (Lipinski definition) is 0. The van der Waals surface area contributed by atoms with Crippen LogP contribution in [-0.4, -0.2) is 0 Å². The number of halogens is 1. The van der Waals surface area contributed by atoms with Crippen molar-refractivity contribution in [3.05, 3.63) is 59.9 Å². The van der Waals surface area contributed by atoms with E-state index in [1.807, 2.05) is 6.07 Å². The SMILES string of the molecule is CCCC1CCC(c2ccccc2-c2cccc(F)c2)CC1. The van der Waals surface area contributed by atoms with Gasteiger partial charge in [-0.05, 0) is 66.3 Å². The van der Waals surface area contributed by atoms with Crippen LogP contribution in [0.25, 0.3) is 11.1 Å². The van der Waals surface area contributed by atoms with Gasteiger partial charge < -0.3 is 0 Å². The van der Waals surface area contributed by atoms with E-state index in [0.717, 1.165) is 11.5 Å². The van der Waals surface area contributed by atoms with Crippen molar-refractivity contribution in [1.82, 2.24) is 0 Å². The Hall–Kier alpha value is -1.63. The van der Waals surface area contributed by atoms with E-state index in [-0.39, 0.29) is 5.82 Å². The molecule has 0 atom stereocenters. The number of benzene rings is 2. The standard InChI is InChI=1S/C21H25F/c1-2-6-16-11-13-17(14-12-16)20-9-3-4-10-21(20)18-7-5-8-19(22)15-18/h3-5,7-10,15-17H,2,6,11-14H2,1H3. The molecule has 0 bridgehead atoms. The lowest BCUT2D eigenvalue weighted by Gasteiger charge is -2.30. The van der Waals surface area contributed by atoms with E-state index in [0.29, 0.717) is 5.92 Å². The van der Waals surface area contributed by atoms with Crippen molar-refractivity contribution in [2.45, 2.75) is 51.4 Å². The average Bonchev–Trinajstić information content (AvgIpc) is 2.56. The Balaban J connectivity index is 1.83. The zero-order valence-corrected chi connectivity index (χ0v) is 13.4. The first-order chi connectivity index (χ1) is 10.8. The van der Waals surface area contributed by atoms with E-state index in [2.05, 4.69) is 31.2 Å². The molecule has 0 nitrogen and oxygen atoms in total. The smallest absolute Gasteiger partial charge is 0.123 e. The summed E-state index contributed by atoms with van der Waals surface area (Å²) in [5.41, 5.74) is 3.62. The second-order valence-corrected chi connectivity index (χ2v) is 6.60. The van der Waals surface area contributed by atoms with Gasteiger partial charge in [0.05, 0.1) is 0 Å². The highest BCUT2D eigenvalue weighted by Crippen LogP contribution is 2.41. The van der Waals surface area contributed by atoms with Crippen molar-refractivity contribution in [3.63, 3.8) is 0 Å². The van der Waals surface area contributed by atoms with Crippen LogP contribution < -0.4 is 0 Å². The van der Waals surface area contributed by atoms with Crippen molar-refractivity contribution < 1.29 is 4.39 Å². The molecule has 0 radical (unpaired) electrons. The number of rotatable bonds is 4. The predicted octanol–water partition coefficient (Wildman–Crippen LogP) is 6.57. The summed E-state index contributed by atoms with van der Waals surface area (Å²) in [6, 6.07) is 15.6. The molecule has 0 amide bonds. The van der Waals surface area contributed by atoms with E-state index in [4.69, 9.17) is 0 Å². The van der Waals surface area contributed by atoms with Crippen LogP contribution in [0.5, 0.6) is 0 Å². The normalized spacial score (nSPS) is 21.7. The maximum atomic E-state index is 13.6. The second kappa shape index (κ2) is 7.09. The molecule has 0 unspecified atom stereocenters. The first kappa shape index (κ1) is 15.3. The van der Waals surface area contributed by atoms with Gasteiger partial charge in [-0.15, -0.1) is 0 Å². The van der Waals surface area contributed by atoms with Gasteiger partial charge in [-0.3, -0.25) is 0 Å². The summed E-state index contributed by atoms with van der Waals surface area (Å²) in [6.07, 6.45) is 7.91. The Morgan fingerprint density at radius 1 is 0.955 bits per heavy atom. The molecule has 0 spiro atoms. The summed E-state index contributed by atoms with van der Waals surface area (Å²) in [5, 5.41) is 0. The van der Waals surface area contributed by atoms with Crippen LogP contribution in [0.4, 0.5) is 4.39 Å². The molecule has 0 aliphatic heterocycles. The van der Waals surface area contributed by atoms with Crippen LogP contribution in [0, 0.1) is 11.7 Å². The molecule has 1 aliphatic rings. The molecule has 22 heavy (non-hydrogen) atoms. The molecule has 0 heterocycles. The lowest BCUT2D eigenvalue weighted by molar-refractivity contribution is 0.308. The predicted molar refractivity (Wildman–Crippen MR) is 91.4 cm³/mol.